The summed E-state index contributed by atoms with van der Waals surface area (Å²) in [6.45, 7) is 3.94. The van der Waals surface area contributed by atoms with Crippen LogP contribution in [0.25, 0.3) is 0 Å². The summed E-state index contributed by atoms with van der Waals surface area (Å²) in [4.78, 5) is 16.8. The van der Waals surface area contributed by atoms with Gasteiger partial charge < -0.3 is 19.9 Å². The Labute approximate surface area is 164 Å². The molecular weight excluding hydrogens is 358 g/mol. The molecule has 1 saturated heterocycles. The van der Waals surface area contributed by atoms with Crippen molar-refractivity contribution >= 4 is 28.9 Å². The van der Waals surface area contributed by atoms with Crippen molar-refractivity contribution in [3.8, 4) is 5.75 Å². The van der Waals surface area contributed by atoms with Crippen LogP contribution in [0.5, 0.6) is 5.75 Å². The minimum absolute atomic E-state index is 0.0380. The number of para-hydroxylation sites is 2. The first-order valence-electron chi connectivity index (χ1n) is 9.15. The van der Waals surface area contributed by atoms with E-state index in [4.69, 9.17) is 17.0 Å². The molecular formula is C21H23N3O2S. The summed E-state index contributed by atoms with van der Waals surface area (Å²) in [5.41, 5.74) is 3.36. The molecule has 2 atom stereocenters. The molecule has 0 saturated carbocycles. The first-order chi connectivity index (χ1) is 13.1. The molecule has 2 aromatic rings. The van der Waals surface area contributed by atoms with Gasteiger partial charge in [-0.3, -0.25) is 4.79 Å². The normalized spacial score (nSPS) is 21.3. The van der Waals surface area contributed by atoms with E-state index >= 15 is 0 Å². The molecule has 0 spiro atoms. The number of methoxy groups -OCH3 is 1. The lowest BCUT2D eigenvalue weighted by Crippen LogP contribution is -2.56. The van der Waals surface area contributed by atoms with E-state index in [0.29, 0.717) is 24.1 Å². The maximum Gasteiger partial charge on any atom is 0.242 e. The van der Waals surface area contributed by atoms with E-state index in [1.165, 1.54) is 11.1 Å². The van der Waals surface area contributed by atoms with Crippen LogP contribution >= 0.6 is 12.2 Å². The van der Waals surface area contributed by atoms with Crippen LogP contribution in [0.2, 0.25) is 0 Å². The van der Waals surface area contributed by atoms with E-state index in [0.717, 1.165) is 18.0 Å². The summed E-state index contributed by atoms with van der Waals surface area (Å²) >= 11 is 5.62. The average molecular weight is 382 g/mol. The molecule has 0 bridgehead atoms. The first-order valence-corrected chi connectivity index (χ1v) is 9.56. The summed E-state index contributed by atoms with van der Waals surface area (Å²) < 4.78 is 5.38. The molecule has 2 aliphatic heterocycles. The fourth-order valence-electron chi connectivity index (χ4n) is 4.05. The Hall–Kier alpha value is -2.60. The topological polar surface area (TPSA) is 44.8 Å². The maximum absolute atomic E-state index is 12.8. The number of nitrogens with zero attached hydrogens (tertiary/aromatic N) is 2. The molecule has 1 N–H and O–H groups in total. The van der Waals surface area contributed by atoms with Crippen molar-refractivity contribution in [1.29, 1.82) is 0 Å². The van der Waals surface area contributed by atoms with Crippen molar-refractivity contribution in [3.05, 3.63) is 59.7 Å². The molecule has 140 valence electrons. The molecule has 0 unspecified atom stereocenters. The predicted molar refractivity (Wildman–Crippen MR) is 110 cm³/mol. The van der Waals surface area contributed by atoms with Gasteiger partial charge in [-0.25, -0.2) is 0 Å². The number of fused-ring (bicyclic) bond motifs is 3. The van der Waals surface area contributed by atoms with Crippen molar-refractivity contribution in [2.75, 3.05) is 32.1 Å². The number of amides is 1. The van der Waals surface area contributed by atoms with E-state index in [-0.39, 0.29) is 11.9 Å². The van der Waals surface area contributed by atoms with Gasteiger partial charge in [-0.2, -0.15) is 0 Å². The van der Waals surface area contributed by atoms with Gasteiger partial charge in [-0.05, 0) is 41.4 Å². The van der Waals surface area contributed by atoms with Crippen molar-refractivity contribution < 1.29 is 9.53 Å². The second-order valence-corrected chi connectivity index (χ2v) is 7.49. The van der Waals surface area contributed by atoms with Crippen LogP contribution in [0.3, 0.4) is 0 Å². The number of hydrogen-bond acceptors (Lipinski definition) is 3. The van der Waals surface area contributed by atoms with Crippen molar-refractivity contribution in [2.45, 2.75) is 18.9 Å². The van der Waals surface area contributed by atoms with Crippen molar-refractivity contribution in [2.24, 2.45) is 0 Å². The fraction of sp³-hybridized carbons (Fsp3) is 0.333. The maximum atomic E-state index is 12.8. The van der Waals surface area contributed by atoms with Crippen LogP contribution in [-0.4, -0.2) is 47.6 Å². The monoisotopic (exact) mass is 381 g/mol. The molecule has 1 fully saturated rings. The lowest BCUT2D eigenvalue weighted by Gasteiger charge is -2.47. The molecule has 0 aliphatic carbocycles. The summed E-state index contributed by atoms with van der Waals surface area (Å²) in [6, 6.07) is 16.1. The molecule has 0 aromatic heterocycles. The summed E-state index contributed by atoms with van der Waals surface area (Å²) in [6.07, 6.45) is 0. The minimum atomic E-state index is 0.0380. The van der Waals surface area contributed by atoms with Crippen LogP contribution < -0.4 is 10.1 Å². The second kappa shape index (κ2) is 7.19. The Balaban J connectivity index is 1.57. The molecule has 5 nitrogen and oxygen atoms in total. The molecule has 0 radical (unpaired) electrons. The molecule has 2 aliphatic rings. The Morgan fingerprint density at radius 2 is 1.81 bits per heavy atom. The number of carbonyl (C=O) groups is 1. The lowest BCUT2D eigenvalue weighted by molar-refractivity contribution is -0.139. The largest absolute Gasteiger partial charge is 0.495 e. The van der Waals surface area contributed by atoms with Gasteiger partial charge in [0.05, 0.1) is 25.4 Å². The molecule has 27 heavy (non-hydrogen) atoms. The van der Waals surface area contributed by atoms with Gasteiger partial charge in [-0.1, -0.05) is 43.3 Å². The standard InChI is InChI=1S/C21H23N3O2S/c1-14-11-24-18(16-8-4-3-7-15(14)16)12-23(13-20(24)25)21(27)22-17-9-5-6-10-19(17)26-2/h3-10,14,18H,11-13H2,1-2H3,(H,22,27)/t14-,18-/m0/s1. The van der Waals surface area contributed by atoms with E-state index in [1.54, 1.807) is 7.11 Å². The minimum Gasteiger partial charge on any atom is -0.495 e. The highest BCUT2D eigenvalue weighted by Crippen LogP contribution is 2.38. The van der Waals surface area contributed by atoms with Crippen LogP contribution in [0.15, 0.2) is 48.5 Å². The number of thiocarbonyl (C=S) groups is 1. The third-order valence-electron chi connectivity index (χ3n) is 5.41. The lowest BCUT2D eigenvalue weighted by atomic mass is 9.85. The number of piperazine rings is 1. The molecule has 1 amide bonds. The van der Waals surface area contributed by atoms with Crippen LogP contribution in [0, 0.1) is 0 Å². The zero-order chi connectivity index (χ0) is 19.0. The van der Waals surface area contributed by atoms with Gasteiger partial charge in [0.2, 0.25) is 5.91 Å². The number of hydrogen-bond donors (Lipinski definition) is 1. The third kappa shape index (κ3) is 3.25. The molecule has 2 heterocycles. The molecule has 4 rings (SSSR count). The molecule has 2 aromatic carbocycles. The van der Waals surface area contributed by atoms with Gasteiger partial charge in [0.25, 0.3) is 0 Å². The van der Waals surface area contributed by atoms with Gasteiger partial charge in [0.15, 0.2) is 5.11 Å². The van der Waals surface area contributed by atoms with Gasteiger partial charge in [0.1, 0.15) is 5.75 Å². The zero-order valence-corrected chi connectivity index (χ0v) is 16.3. The van der Waals surface area contributed by atoms with Crippen LogP contribution in [0.1, 0.15) is 30.0 Å². The summed E-state index contributed by atoms with van der Waals surface area (Å²) in [5, 5.41) is 3.79. The van der Waals surface area contributed by atoms with E-state index in [2.05, 4.69) is 30.4 Å². The van der Waals surface area contributed by atoms with E-state index in [9.17, 15) is 4.79 Å². The van der Waals surface area contributed by atoms with Crippen molar-refractivity contribution in [3.63, 3.8) is 0 Å². The SMILES string of the molecule is COc1ccccc1NC(=S)N1CC(=O)N2C[C@H](C)c3ccccc3[C@@H]2C1. The number of carbonyl (C=O) groups excluding carboxylic acids is 1. The van der Waals surface area contributed by atoms with Gasteiger partial charge in [-0.15, -0.1) is 0 Å². The Morgan fingerprint density at radius 1 is 1.11 bits per heavy atom. The highest BCUT2D eigenvalue weighted by atomic mass is 32.1. The highest BCUT2D eigenvalue weighted by molar-refractivity contribution is 7.80. The Morgan fingerprint density at radius 3 is 2.59 bits per heavy atom. The number of anilines is 1. The first kappa shape index (κ1) is 17.8. The Bertz CT molecular complexity index is 885. The van der Waals surface area contributed by atoms with Gasteiger partial charge >= 0.3 is 0 Å². The number of benzene rings is 2. The summed E-state index contributed by atoms with van der Waals surface area (Å²) in [5.74, 6) is 1.20. The zero-order valence-electron chi connectivity index (χ0n) is 15.5. The third-order valence-corrected chi connectivity index (χ3v) is 5.77. The number of rotatable bonds is 2. The van der Waals surface area contributed by atoms with Gasteiger partial charge in [0, 0.05) is 13.1 Å². The quantitative estimate of drug-likeness (QED) is 0.808. The van der Waals surface area contributed by atoms with Crippen LogP contribution in [0.4, 0.5) is 5.69 Å². The Kier molecular flexibility index (Phi) is 4.74. The van der Waals surface area contributed by atoms with Crippen molar-refractivity contribution in [1.82, 2.24) is 9.80 Å². The van der Waals surface area contributed by atoms with Crippen LogP contribution in [-0.2, 0) is 4.79 Å². The second-order valence-electron chi connectivity index (χ2n) is 7.10. The number of nitrogens with one attached hydrogen (secondary N) is 1. The van der Waals surface area contributed by atoms with E-state index < -0.39 is 0 Å². The number of ether oxygens (including phenoxy) is 1. The molecule has 6 heteroatoms. The predicted octanol–water partition coefficient (Wildman–Crippen LogP) is 3.39. The summed E-state index contributed by atoms with van der Waals surface area (Å²) in [7, 11) is 1.63. The average Bonchev–Trinajstić information content (AvgIpc) is 2.69. The smallest absolute Gasteiger partial charge is 0.242 e. The highest BCUT2D eigenvalue weighted by Gasteiger charge is 2.39. The van der Waals surface area contributed by atoms with E-state index in [1.807, 2.05) is 40.1 Å². The fourth-order valence-corrected chi connectivity index (χ4v) is 4.30.